The molecule has 124 valence electrons. The topological polar surface area (TPSA) is 84.2 Å². The number of nitrogens with two attached hydrogens (primary N) is 1. The molecule has 1 rings (SSSR count). The van der Waals surface area contributed by atoms with Crippen molar-refractivity contribution in [3.63, 3.8) is 0 Å². The number of nitrogens with one attached hydrogen (secondary N) is 2. The third-order valence-electron chi connectivity index (χ3n) is 3.42. The molecule has 0 bridgehead atoms. The van der Waals surface area contributed by atoms with Crippen molar-refractivity contribution in [2.45, 2.75) is 33.2 Å². The van der Waals surface area contributed by atoms with Crippen LogP contribution in [0, 0.1) is 12.8 Å². The number of amides is 2. The quantitative estimate of drug-likeness (QED) is 0.703. The molecule has 0 aromatic heterocycles. The number of benzene rings is 1. The Hall–Kier alpha value is -1.59. The van der Waals surface area contributed by atoms with Crippen molar-refractivity contribution >= 4 is 24.2 Å². The van der Waals surface area contributed by atoms with Crippen LogP contribution in [0.5, 0.6) is 0 Å². The summed E-state index contributed by atoms with van der Waals surface area (Å²) in [5.74, 6) is -0.443. The molecule has 0 saturated carbocycles. The summed E-state index contributed by atoms with van der Waals surface area (Å²) >= 11 is 0. The third-order valence-corrected chi connectivity index (χ3v) is 3.42. The number of aryl methyl sites for hydroxylation is 1. The first-order valence-corrected chi connectivity index (χ1v) is 7.26. The van der Waals surface area contributed by atoms with Gasteiger partial charge in [-0.1, -0.05) is 38.1 Å². The molecule has 0 unspecified atom stereocenters. The Morgan fingerprint density at radius 3 is 2.41 bits per heavy atom. The molecule has 5 nitrogen and oxygen atoms in total. The minimum absolute atomic E-state index is 0. The monoisotopic (exact) mass is 327 g/mol. The first kappa shape index (κ1) is 20.4. The van der Waals surface area contributed by atoms with Crippen molar-refractivity contribution in [1.29, 1.82) is 0 Å². The predicted molar refractivity (Wildman–Crippen MR) is 91.0 cm³/mol. The van der Waals surface area contributed by atoms with Crippen LogP contribution in [0.2, 0.25) is 0 Å². The number of hydrogen-bond acceptors (Lipinski definition) is 3. The molecule has 0 aliphatic carbocycles. The van der Waals surface area contributed by atoms with Gasteiger partial charge < -0.3 is 16.4 Å². The summed E-state index contributed by atoms with van der Waals surface area (Å²) in [7, 11) is 0. The van der Waals surface area contributed by atoms with Crippen molar-refractivity contribution in [2.24, 2.45) is 11.7 Å². The van der Waals surface area contributed by atoms with Gasteiger partial charge in [0.15, 0.2) is 0 Å². The molecular weight excluding hydrogens is 302 g/mol. The van der Waals surface area contributed by atoms with Gasteiger partial charge in [0.25, 0.3) is 0 Å². The fourth-order valence-corrected chi connectivity index (χ4v) is 1.88. The zero-order valence-electron chi connectivity index (χ0n) is 13.4. The molecule has 0 radical (unpaired) electrons. The number of hydrogen-bond donors (Lipinski definition) is 3. The Morgan fingerprint density at radius 2 is 1.82 bits per heavy atom. The molecule has 0 fully saturated rings. The highest BCUT2D eigenvalue weighted by atomic mass is 35.5. The molecule has 0 aliphatic rings. The SMILES string of the molecule is Cc1ccccc1CCNC(=O)CNC(=O)[C@@H](N)C(C)C.Cl. The Kier molecular flexibility index (Phi) is 9.45. The highest BCUT2D eigenvalue weighted by Crippen LogP contribution is 2.06. The summed E-state index contributed by atoms with van der Waals surface area (Å²) in [5.41, 5.74) is 8.12. The van der Waals surface area contributed by atoms with Crippen molar-refractivity contribution in [3.05, 3.63) is 35.4 Å². The summed E-state index contributed by atoms with van der Waals surface area (Å²) in [4.78, 5) is 23.3. The van der Waals surface area contributed by atoms with Gasteiger partial charge in [-0.05, 0) is 30.4 Å². The van der Waals surface area contributed by atoms with Crippen molar-refractivity contribution in [3.8, 4) is 0 Å². The molecule has 0 saturated heterocycles. The number of carbonyl (C=O) groups is 2. The largest absolute Gasteiger partial charge is 0.354 e. The van der Waals surface area contributed by atoms with Crippen LogP contribution in [0.15, 0.2) is 24.3 Å². The van der Waals surface area contributed by atoms with Gasteiger partial charge >= 0.3 is 0 Å². The number of carbonyl (C=O) groups excluding carboxylic acids is 2. The second kappa shape index (κ2) is 10.2. The maximum Gasteiger partial charge on any atom is 0.239 e. The minimum atomic E-state index is -0.579. The lowest BCUT2D eigenvalue weighted by molar-refractivity contribution is -0.127. The van der Waals surface area contributed by atoms with Crippen LogP contribution in [0.25, 0.3) is 0 Å². The smallest absolute Gasteiger partial charge is 0.239 e. The van der Waals surface area contributed by atoms with E-state index in [9.17, 15) is 9.59 Å². The van der Waals surface area contributed by atoms with Crippen LogP contribution in [0.4, 0.5) is 0 Å². The molecule has 2 amide bonds. The van der Waals surface area contributed by atoms with Gasteiger partial charge in [0.05, 0.1) is 12.6 Å². The van der Waals surface area contributed by atoms with Crippen molar-refractivity contribution < 1.29 is 9.59 Å². The lowest BCUT2D eigenvalue weighted by Crippen LogP contribution is -2.47. The third kappa shape index (κ3) is 6.91. The molecule has 22 heavy (non-hydrogen) atoms. The van der Waals surface area contributed by atoms with E-state index >= 15 is 0 Å². The van der Waals surface area contributed by atoms with Crippen LogP contribution in [0.1, 0.15) is 25.0 Å². The van der Waals surface area contributed by atoms with Gasteiger partial charge in [0.2, 0.25) is 11.8 Å². The lowest BCUT2D eigenvalue weighted by Gasteiger charge is -2.15. The summed E-state index contributed by atoms with van der Waals surface area (Å²) in [5, 5.41) is 5.34. The molecule has 4 N–H and O–H groups in total. The summed E-state index contributed by atoms with van der Waals surface area (Å²) in [6.45, 7) is 6.30. The van der Waals surface area contributed by atoms with Crippen molar-refractivity contribution in [1.82, 2.24) is 10.6 Å². The van der Waals surface area contributed by atoms with Crippen LogP contribution in [-0.2, 0) is 16.0 Å². The minimum Gasteiger partial charge on any atom is -0.354 e. The lowest BCUT2D eigenvalue weighted by atomic mass is 10.1. The molecule has 1 atom stereocenters. The van der Waals surface area contributed by atoms with E-state index in [4.69, 9.17) is 5.73 Å². The molecule has 0 heterocycles. The van der Waals surface area contributed by atoms with Gasteiger partial charge in [-0.2, -0.15) is 0 Å². The fourth-order valence-electron chi connectivity index (χ4n) is 1.88. The Labute approximate surface area is 138 Å². The highest BCUT2D eigenvalue weighted by molar-refractivity contribution is 5.87. The zero-order chi connectivity index (χ0) is 15.8. The molecule has 0 aliphatic heterocycles. The van der Waals surface area contributed by atoms with Crippen LogP contribution in [0.3, 0.4) is 0 Å². The van der Waals surface area contributed by atoms with E-state index in [1.54, 1.807) is 0 Å². The predicted octanol–water partition coefficient (Wildman–Crippen LogP) is 1.18. The standard InChI is InChI=1S/C16H25N3O2.ClH/c1-11(2)15(17)16(21)19-10-14(20)18-9-8-13-7-5-4-6-12(13)3;/h4-7,11,15H,8-10,17H2,1-3H3,(H,18,20)(H,19,21);1H/t15-;/m0./s1. The molecule has 0 spiro atoms. The molecule has 6 heteroatoms. The van der Waals surface area contributed by atoms with Crippen LogP contribution < -0.4 is 16.4 Å². The van der Waals surface area contributed by atoms with Gasteiger partial charge in [-0.15, -0.1) is 12.4 Å². The highest BCUT2D eigenvalue weighted by Gasteiger charge is 2.17. The Bertz CT molecular complexity index is 492. The second-order valence-electron chi connectivity index (χ2n) is 5.51. The normalized spacial score (nSPS) is 11.5. The van der Waals surface area contributed by atoms with E-state index in [1.807, 2.05) is 45.0 Å². The number of rotatable bonds is 7. The maximum absolute atomic E-state index is 11.6. The summed E-state index contributed by atoms with van der Waals surface area (Å²) < 4.78 is 0. The van der Waals surface area contributed by atoms with E-state index in [0.29, 0.717) is 6.54 Å². The van der Waals surface area contributed by atoms with Crippen LogP contribution >= 0.6 is 12.4 Å². The first-order chi connectivity index (χ1) is 9.91. The van der Waals surface area contributed by atoms with Gasteiger partial charge in [-0.25, -0.2) is 0 Å². The fraction of sp³-hybridized carbons (Fsp3) is 0.500. The first-order valence-electron chi connectivity index (χ1n) is 7.26. The molecule has 1 aromatic carbocycles. The molecular formula is C16H26ClN3O2. The van der Waals surface area contributed by atoms with E-state index in [-0.39, 0.29) is 36.7 Å². The second-order valence-corrected chi connectivity index (χ2v) is 5.51. The summed E-state index contributed by atoms with van der Waals surface area (Å²) in [6, 6.07) is 7.49. The average molecular weight is 328 g/mol. The Morgan fingerprint density at radius 1 is 1.18 bits per heavy atom. The van der Waals surface area contributed by atoms with Gasteiger partial charge in [0.1, 0.15) is 0 Å². The van der Waals surface area contributed by atoms with E-state index in [0.717, 1.165) is 6.42 Å². The molecule has 1 aromatic rings. The van der Waals surface area contributed by atoms with Gasteiger partial charge in [-0.3, -0.25) is 9.59 Å². The summed E-state index contributed by atoms with van der Waals surface area (Å²) in [6.07, 6.45) is 0.776. The zero-order valence-corrected chi connectivity index (χ0v) is 14.2. The van der Waals surface area contributed by atoms with Gasteiger partial charge in [0, 0.05) is 6.54 Å². The van der Waals surface area contributed by atoms with E-state index < -0.39 is 6.04 Å². The van der Waals surface area contributed by atoms with E-state index in [1.165, 1.54) is 11.1 Å². The maximum atomic E-state index is 11.6. The van der Waals surface area contributed by atoms with Crippen molar-refractivity contribution in [2.75, 3.05) is 13.1 Å². The van der Waals surface area contributed by atoms with Crippen LogP contribution in [-0.4, -0.2) is 30.9 Å². The number of halogens is 1. The van der Waals surface area contributed by atoms with E-state index in [2.05, 4.69) is 10.6 Å². The Balaban J connectivity index is 0.00000441. The average Bonchev–Trinajstić information content (AvgIpc) is 2.45.